The first-order chi connectivity index (χ1) is 11.1. The van der Waals surface area contributed by atoms with E-state index in [1.807, 2.05) is 25.3 Å². The van der Waals surface area contributed by atoms with Crippen molar-refractivity contribution >= 4 is 11.6 Å². The minimum absolute atomic E-state index is 0.199. The summed E-state index contributed by atoms with van der Waals surface area (Å²) in [5.41, 5.74) is 3.14. The Labute approximate surface area is 137 Å². The summed E-state index contributed by atoms with van der Waals surface area (Å²) in [6, 6.07) is 3.83. The summed E-state index contributed by atoms with van der Waals surface area (Å²) in [4.78, 5) is 19.1. The second kappa shape index (κ2) is 7.58. The first kappa shape index (κ1) is 16.7. The van der Waals surface area contributed by atoms with Gasteiger partial charge in [-0.15, -0.1) is 0 Å². The molecule has 1 amide bonds. The fraction of sp³-hybridized carbons (Fsp3) is 0.263. The number of carbonyl (C=O) groups excluding carboxylic acids is 1. The number of aromatic nitrogens is 1. The highest BCUT2D eigenvalue weighted by molar-refractivity contribution is 6.05. The van der Waals surface area contributed by atoms with Crippen molar-refractivity contribution in [3.05, 3.63) is 73.3 Å². The maximum atomic E-state index is 12.2. The quantitative estimate of drug-likeness (QED) is 0.645. The molecule has 1 aliphatic heterocycles. The van der Waals surface area contributed by atoms with Gasteiger partial charge in [0.15, 0.2) is 0 Å². The Morgan fingerprint density at radius 3 is 2.78 bits per heavy atom. The number of allylic oxidation sites excluding steroid dienone is 2. The molecule has 1 aliphatic rings. The minimum Gasteiger partial charge on any atom is -0.377 e. The molecule has 1 saturated heterocycles. The van der Waals surface area contributed by atoms with Crippen molar-refractivity contribution in [2.75, 3.05) is 18.4 Å². The zero-order valence-corrected chi connectivity index (χ0v) is 13.6. The van der Waals surface area contributed by atoms with E-state index in [2.05, 4.69) is 34.9 Å². The largest absolute Gasteiger partial charge is 0.377 e. The maximum absolute atomic E-state index is 12.2. The van der Waals surface area contributed by atoms with Crippen LogP contribution in [0, 0.1) is 6.92 Å². The first-order valence-electron chi connectivity index (χ1n) is 7.69. The number of anilines is 1. The van der Waals surface area contributed by atoms with Crippen LogP contribution >= 0.6 is 0 Å². The van der Waals surface area contributed by atoms with Crippen molar-refractivity contribution in [1.29, 1.82) is 0 Å². The van der Waals surface area contributed by atoms with Crippen LogP contribution in [0.4, 0.5) is 5.69 Å². The van der Waals surface area contributed by atoms with E-state index in [0.717, 1.165) is 36.6 Å². The Morgan fingerprint density at radius 1 is 1.39 bits per heavy atom. The minimum atomic E-state index is -0.199. The molecule has 0 radical (unpaired) electrons. The van der Waals surface area contributed by atoms with Crippen molar-refractivity contribution in [1.82, 2.24) is 9.88 Å². The van der Waals surface area contributed by atoms with Gasteiger partial charge < -0.3 is 10.2 Å². The molecule has 1 aromatic heterocycles. The molecule has 1 N–H and O–H groups in total. The molecular weight excluding hydrogens is 286 g/mol. The average Bonchev–Trinajstić information content (AvgIpc) is 3.01. The molecule has 2 heterocycles. The zero-order valence-electron chi connectivity index (χ0n) is 13.6. The van der Waals surface area contributed by atoms with Gasteiger partial charge in [0, 0.05) is 41.7 Å². The van der Waals surface area contributed by atoms with Crippen LogP contribution in [0.5, 0.6) is 0 Å². The molecule has 4 nitrogen and oxygen atoms in total. The van der Waals surface area contributed by atoms with E-state index in [0.29, 0.717) is 11.5 Å². The fourth-order valence-electron chi connectivity index (χ4n) is 2.74. The predicted octanol–water partition coefficient (Wildman–Crippen LogP) is 3.56. The fourth-order valence-corrected chi connectivity index (χ4v) is 2.74. The van der Waals surface area contributed by atoms with Crippen molar-refractivity contribution in [3.63, 3.8) is 0 Å². The third kappa shape index (κ3) is 4.19. The summed E-state index contributed by atoms with van der Waals surface area (Å²) in [5, 5.41) is 2.91. The molecule has 23 heavy (non-hydrogen) atoms. The molecular formula is C19H23N3O. The lowest BCUT2D eigenvalue weighted by atomic mass is 10.0. The summed E-state index contributed by atoms with van der Waals surface area (Å²) in [6.07, 6.45) is 7.64. The van der Waals surface area contributed by atoms with Crippen molar-refractivity contribution < 1.29 is 4.79 Å². The molecule has 1 unspecified atom stereocenters. The van der Waals surface area contributed by atoms with E-state index < -0.39 is 0 Å². The van der Waals surface area contributed by atoms with Crippen LogP contribution in [0.2, 0.25) is 0 Å². The Morgan fingerprint density at radius 2 is 2.17 bits per heavy atom. The third-order valence-electron chi connectivity index (χ3n) is 3.91. The number of pyridine rings is 1. The molecule has 4 heteroatoms. The Balaban J connectivity index is 2.19. The molecule has 0 bridgehead atoms. The maximum Gasteiger partial charge on any atom is 0.255 e. The van der Waals surface area contributed by atoms with Crippen LogP contribution < -0.4 is 5.32 Å². The number of nitrogens with zero attached hydrogens (tertiary/aromatic N) is 2. The molecule has 1 fully saturated rings. The first-order valence-corrected chi connectivity index (χ1v) is 7.69. The standard InChI is InChI=1S/C19H23N3O/c1-5-8-15(6-2)19(23)21-17-11-14(4)20-18(12-17)16-9-10-22(7-3)13-16/h5-8,11-12,16H,1-3,9-10,13H2,4H3,(H,20,21,23)/b15-8+. The van der Waals surface area contributed by atoms with Crippen LogP contribution in [0.1, 0.15) is 23.7 Å². The highest BCUT2D eigenvalue weighted by Gasteiger charge is 2.23. The predicted molar refractivity (Wildman–Crippen MR) is 95.2 cm³/mol. The Kier molecular flexibility index (Phi) is 5.52. The topological polar surface area (TPSA) is 45.2 Å². The SMILES string of the molecule is C=C/C=C(\C=C)C(=O)Nc1cc(C)nc(C2CCN(C=C)C2)c1. The summed E-state index contributed by atoms with van der Waals surface area (Å²) >= 11 is 0. The van der Waals surface area contributed by atoms with E-state index in [1.165, 1.54) is 6.08 Å². The number of likely N-dealkylation sites (tertiary alicyclic amines) is 1. The number of carbonyl (C=O) groups is 1. The average molecular weight is 309 g/mol. The van der Waals surface area contributed by atoms with Crippen LogP contribution in [-0.2, 0) is 4.79 Å². The van der Waals surface area contributed by atoms with Crippen LogP contribution in [0.25, 0.3) is 0 Å². The molecule has 1 atom stereocenters. The summed E-state index contributed by atoms with van der Waals surface area (Å²) in [5.74, 6) is 0.168. The van der Waals surface area contributed by atoms with Crippen LogP contribution in [-0.4, -0.2) is 28.9 Å². The van der Waals surface area contributed by atoms with E-state index in [4.69, 9.17) is 0 Å². The van der Waals surface area contributed by atoms with Gasteiger partial charge in [-0.2, -0.15) is 0 Å². The molecule has 0 saturated carbocycles. The number of amides is 1. The van der Waals surface area contributed by atoms with E-state index >= 15 is 0 Å². The lowest BCUT2D eigenvalue weighted by Crippen LogP contribution is -2.15. The summed E-state index contributed by atoms with van der Waals surface area (Å²) in [7, 11) is 0. The number of rotatable bonds is 6. The second-order valence-corrected chi connectivity index (χ2v) is 5.60. The number of hydrogen-bond acceptors (Lipinski definition) is 3. The second-order valence-electron chi connectivity index (χ2n) is 5.60. The van der Waals surface area contributed by atoms with Crippen LogP contribution in [0.15, 0.2) is 61.9 Å². The van der Waals surface area contributed by atoms with Crippen molar-refractivity contribution in [2.24, 2.45) is 0 Å². The summed E-state index contributed by atoms with van der Waals surface area (Å²) in [6.45, 7) is 14.9. The van der Waals surface area contributed by atoms with E-state index in [-0.39, 0.29) is 5.91 Å². The smallest absolute Gasteiger partial charge is 0.255 e. The molecule has 0 spiro atoms. The number of aryl methyl sites for hydroxylation is 1. The van der Waals surface area contributed by atoms with Crippen molar-refractivity contribution in [2.45, 2.75) is 19.3 Å². The van der Waals surface area contributed by atoms with Gasteiger partial charge in [0.1, 0.15) is 0 Å². The molecule has 2 rings (SSSR count). The van der Waals surface area contributed by atoms with Gasteiger partial charge in [-0.25, -0.2) is 0 Å². The molecule has 1 aromatic rings. The van der Waals surface area contributed by atoms with Gasteiger partial charge in [-0.1, -0.05) is 38.0 Å². The normalized spacial score (nSPS) is 17.7. The van der Waals surface area contributed by atoms with Gasteiger partial charge in [-0.3, -0.25) is 9.78 Å². The molecule has 0 aromatic carbocycles. The van der Waals surface area contributed by atoms with E-state index in [1.54, 1.807) is 12.2 Å². The van der Waals surface area contributed by atoms with Gasteiger partial charge in [-0.05, 0) is 31.7 Å². The number of nitrogens with one attached hydrogen (secondary N) is 1. The Bertz CT molecular complexity index is 661. The lowest BCUT2D eigenvalue weighted by Gasteiger charge is -2.14. The van der Waals surface area contributed by atoms with Gasteiger partial charge in [0.05, 0.1) is 0 Å². The highest BCUT2D eigenvalue weighted by Crippen LogP contribution is 2.28. The summed E-state index contributed by atoms with van der Waals surface area (Å²) < 4.78 is 0. The lowest BCUT2D eigenvalue weighted by molar-refractivity contribution is -0.112. The zero-order chi connectivity index (χ0) is 16.8. The monoisotopic (exact) mass is 309 g/mol. The van der Waals surface area contributed by atoms with Crippen molar-refractivity contribution in [3.8, 4) is 0 Å². The Hall–Kier alpha value is -2.62. The van der Waals surface area contributed by atoms with Gasteiger partial charge >= 0.3 is 0 Å². The van der Waals surface area contributed by atoms with Crippen LogP contribution in [0.3, 0.4) is 0 Å². The van der Waals surface area contributed by atoms with Gasteiger partial charge in [0.25, 0.3) is 5.91 Å². The molecule has 120 valence electrons. The van der Waals surface area contributed by atoms with Gasteiger partial charge in [0.2, 0.25) is 0 Å². The number of hydrogen-bond donors (Lipinski definition) is 1. The molecule has 0 aliphatic carbocycles. The highest BCUT2D eigenvalue weighted by atomic mass is 16.1. The third-order valence-corrected chi connectivity index (χ3v) is 3.91. The van der Waals surface area contributed by atoms with E-state index in [9.17, 15) is 4.79 Å².